The van der Waals surface area contributed by atoms with Gasteiger partial charge in [0.1, 0.15) is 17.5 Å². The molecule has 1 amide bonds. The van der Waals surface area contributed by atoms with Crippen LogP contribution in [0.5, 0.6) is 0 Å². The SMILES string of the molecule is CCc1ccc(NC(=O)/C(C#N)=C/c2ccc(F)cc2)cc1. The molecule has 0 saturated heterocycles. The fourth-order valence-electron chi connectivity index (χ4n) is 1.90. The number of nitriles is 1. The molecule has 2 aromatic rings. The molecule has 0 bridgehead atoms. The average molecular weight is 294 g/mol. The van der Waals surface area contributed by atoms with E-state index < -0.39 is 5.91 Å². The monoisotopic (exact) mass is 294 g/mol. The molecule has 22 heavy (non-hydrogen) atoms. The number of hydrogen-bond acceptors (Lipinski definition) is 2. The maximum absolute atomic E-state index is 12.8. The minimum atomic E-state index is -0.490. The number of carbonyl (C=O) groups excluding carboxylic acids is 1. The fraction of sp³-hybridized carbons (Fsp3) is 0.111. The molecule has 0 spiro atoms. The van der Waals surface area contributed by atoms with E-state index in [1.165, 1.54) is 35.9 Å². The molecule has 0 heterocycles. The van der Waals surface area contributed by atoms with Gasteiger partial charge in [-0.15, -0.1) is 0 Å². The number of rotatable bonds is 4. The molecule has 1 N–H and O–H groups in total. The van der Waals surface area contributed by atoms with Gasteiger partial charge in [-0.05, 0) is 47.9 Å². The largest absolute Gasteiger partial charge is 0.321 e. The van der Waals surface area contributed by atoms with E-state index in [9.17, 15) is 9.18 Å². The van der Waals surface area contributed by atoms with E-state index in [0.29, 0.717) is 11.3 Å². The first-order valence-corrected chi connectivity index (χ1v) is 6.90. The summed E-state index contributed by atoms with van der Waals surface area (Å²) in [5.74, 6) is -0.854. The summed E-state index contributed by atoms with van der Waals surface area (Å²) in [4.78, 5) is 12.1. The van der Waals surface area contributed by atoms with Gasteiger partial charge in [-0.25, -0.2) is 4.39 Å². The van der Waals surface area contributed by atoms with E-state index in [0.717, 1.165) is 6.42 Å². The van der Waals surface area contributed by atoms with Gasteiger partial charge in [-0.1, -0.05) is 31.2 Å². The normalized spacial score (nSPS) is 10.9. The molecule has 0 unspecified atom stereocenters. The van der Waals surface area contributed by atoms with Crippen LogP contribution in [0.4, 0.5) is 10.1 Å². The van der Waals surface area contributed by atoms with Crippen molar-refractivity contribution in [3.05, 3.63) is 71.0 Å². The maximum Gasteiger partial charge on any atom is 0.266 e. The van der Waals surface area contributed by atoms with Crippen molar-refractivity contribution in [2.45, 2.75) is 13.3 Å². The molecule has 0 aromatic heterocycles. The van der Waals surface area contributed by atoms with E-state index in [1.54, 1.807) is 12.1 Å². The molecule has 0 saturated carbocycles. The molecule has 0 aliphatic heterocycles. The number of aryl methyl sites for hydroxylation is 1. The van der Waals surface area contributed by atoms with Gasteiger partial charge in [0.15, 0.2) is 0 Å². The molecule has 4 heteroatoms. The summed E-state index contributed by atoms with van der Waals surface area (Å²) in [5, 5.41) is 11.8. The molecular weight excluding hydrogens is 279 g/mol. The average Bonchev–Trinajstić information content (AvgIpc) is 2.55. The molecule has 0 fully saturated rings. The van der Waals surface area contributed by atoms with Gasteiger partial charge in [-0.3, -0.25) is 4.79 Å². The summed E-state index contributed by atoms with van der Waals surface area (Å²) < 4.78 is 12.8. The second-order valence-electron chi connectivity index (χ2n) is 4.73. The lowest BCUT2D eigenvalue weighted by molar-refractivity contribution is -0.112. The zero-order chi connectivity index (χ0) is 15.9. The quantitative estimate of drug-likeness (QED) is 0.686. The molecule has 0 aliphatic rings. The number of benzene rings is 2. The topological polar surface area (TPSA) is 52.9 Å². The highest BCUT2D eigenvalue weighted by atomic mass is 19.1. The Morgan fingerprint density at radius 3 is 2.36 bits per heavy atom. The van der Waals surface area contributed by atoms with Crippen LogP contribution in [0, 0.1) is 17.1 Å². The van der Waals surface area contributed by atoms with E-state index in [4.69, 9.17) is 5.26 Å². The number of amides is 1. The Labute approximate surface area is 128 Å². The predicted octanol–water partition coefficient (Wildman–Crippen LogP) is 3.93. The summed E-state index contributed by atoms with van der Waals surface area (Å²) in [6, 6.07) is 14.9. The number of carbonyl (C=O) groups is 1. The first-order chi connectivity index (χ1) is 10.6. The van der Waals surface area contributed by atoms with Crippen molar-refractivity contribution in [2.24, 2.45) is 0 Å². The zero-order valence-electron chi connectivity index (χ0n) is 12.1. The summed E-state index contributed by atoms with van der Waals surface area (Å²) in [7, 11) is 0. The minimum absolute atomic E-state index is 0.0359. The highest BCUT2D eigenvalue weighted by molar-refractivity contribution is 6.09. The van der Waals surface area contributed by atoms with Crippen molar-refractivity contribution in [1.82, 2.24) is 0 Å². The standard InChI is InChI=1S/C18H15FN2O/c1-2-13-5-9-17(10-6-13)21-18(22)15(12-20)11-14-3-7-16(19)8-4-14/h3-11H,2H2,1H3,(H,21,22)/b15-11+. The van der Waals surface area contributed by atoms with E-state index >= 15 is 0 Å². The summed E-state index contributed by atoms with van der Waals surface area (Å²) in [6.45, 7) is 2.05. The number of nitrogens with one attached hydrogen (secondary N) is 1. The molecule has 110 valence electrons. The van der Waals surface area contributed by atoms with Crippen LogP contribution in [0.15, 0.2) is 54.1 Å². The van der Waals surface area contributed by atoms with Crippen LogP contribution in [0.3, 0.4) is 0 Å². The van der Waals surface area contributed by atoms with Gasteiger partial charge >= 0.3 is 0 Å². The van der Waals surface area contributed by atoms with Gasteiger partial charge < -0.3 is 5.32 Å². The van der Waals surface area contributed by atoms with Gasteiger partial charge in [0.05, 0.1) is 0 Å². The third kappa shape index (κ3) is 4.03. The van der Waals surface area contributed by atoms with Crippen LogP contribution < -0.4 is 5.32 Å². The van der Waals surface area contributed by atoms with Crippen LogP contribution >= 0.6 is 0 Å². The maximum atomic E-state index is 12.8. The summed E-state index contributed by atoms with van der Waals surface area (Å²) in [5.41, 5.74) is 2.35. The highest BCUT2D eigenvalue weighted by Crippen LogP contribution is 2.13. The first kappa shape index (κ1) is 15.5. The lowest BCUT2D eigenvalue weighted by atomic mass is 10.1. The van der Waals surface area contributed by atoms with Crippen LogP contribution in [0.25, 0.3) is 6.08 Å². The number of hydrogen-bond donors (Lipinski definition) is 1. The molecule has 0 aliphatic carbocycles. The number of halogens is 1. The molecule has 0 atom stereocenters. The van der Waals surface area contributed by atoms with Crippen molar-refractivity contribution in [3.63, 3.8) is 0 Å². The van der Waals surface area contributed by atoms with Gasteiger partial charge in [0, 0.05) is 5.69 Å². The van der Waals surface area contributed by atoms with E-state index in [-0.39, 0.29) is 11.4 Å². The minimum Gasteiger partial charge on any atom is -0.321 e. The lowest BCUT2D eigenvalue weighted by Gasteiger charge is -2.05. The lowest BCUT2D eigenvalue weighted by Crippen LogP contribution is -2.13. The Kier molecular flexibility index (Phi) is 5.05. The molecule has 3 nitrogen and oxygen atoms in total. The second-order valence-corrected chi connectivity index (χ2v) is 4.73. The van der Waals surface area contributed by atoms with Gasteiger partial charge in [0.25, 0.3) is 5.91 Å². The zero-order valence-corrected chi connectivity index (χ0v) is 12.1. The predicted molar refractivity (Wildman–Crippen MR) is 84.4 cm³/mol. The summed E-state index contributed by atoms with van der Waals surface area (Å²) in [6.07, 6.45) is 2.34. The van der Waals surface area contributed by atoms with Crippen molar-refractivity contribution < 1.29 is 9.18 Å². The Bertz CT molecular complexity index is 725. The third-order valence-corrected chi connectivity index (χ3v) is 3.17. The summed E-state index contributed by atoms with van der Waals surface area (Å²) >= 11 is 0. The third-order valence-electron chi connectivity index (χ3n) is 3.17. The fourth-order valence-corrected chi connectivity index (χ4v) is 1.90. The van der Waals surface area contributed by atoms with E-state index in [1.807, 2.05) is 25.1 Å². The molecule has 2 aromatic carbocycles. The van der Waals surface area contributed by atoms with Crippen molar-refractivity contribution in [1.29, 1.82) is 5.26 Å². The number of anilines is 1. The van der Waals surface area contributed by atoms with Gasteiger partial charge in [-0.2, -0.15) is 5.26 Å². The van der Waals surface area contributed by atoms with Crippen molar-refractivity contribution in [3.8, 4) is 6.07 Å². The molecule has 2 rings (SSSR count). The Morgan fingerprint density at radius 2 is 1.82 bits per heavy atom. The molecule has 0 radical (unpaired) electrons. The Morgan fingerprint density at radius 1 is 1.18 bits per heavy atom. The number of nitrogens with zero attached hydrogens (tertiary/aromatic N) is 1. The van der Waals surface area contributed by atoms with Crippen LogP contribution in [0.2, 0.25) is 0 Å². The smallest absolute Gasteiger partial charge is 0.266 e. The van der Waals surface area contributed by atoms with Crippen molar-refractivity contribution in [2.75, 3.05) is 5.32 Å². The first-order valence-electron chi connectivity index (χ1n) is 6.90. The van der Waals surface area contributed by atoms with Crippen LogP contribution in [0.1, 0.15) is 18.1 Å². The van der Waals surface area contributed by atoms with Crippen LogP contribution in [-0.4, -0.2) is 5.91 Å². The Balaban J connectivity index is 2.14. The van der Waals surface area contributed by atoms with Crippen molar-refractivity contribution >= 4 is 17.7 Å². The Hall–Kier alpha value is -2.93. The highest BCUT2D eigenvalue weighted by Gasteiger charge is 2.09. The van der Waals surface area contributed by atoms with Gasteiger partial charge in [0.2, 0.25) is 0 Å². The van der Waals surface area contributed by atoms with E-state index in [2.05, 4.69) is 5.32 Å². The van der Waals surface area contributed by atoms with Crippen LogP contribution in [-0.2, 0) is 11.2 Å². The second kappa shape index (κ2) is 7.19. The molecular formula is C18H15FN2O.